The van der Waals surface area contributed by atoms with Crippen LogP contribution < -0.4 is 16.0 Å². The van der Waals surface area contributed by atoms with Gasteiger partial charge in [0.2, 0.25) is 0 Å². The third-order valence-corrected chi connectivity index (χ3v) is 2.51. The summed E-state index contributed by atoms with van der Waals surface area (Å²) in [6.07, 6.45) is 2.98. The van der Waals surface area contributed by atoms with Crippen LogP contribution in [-0.2, 0) is 0 Å². The zero-order chi connectivity index (χ0) is 13.8. The Labute approximate surface area is 115 Å². The van der Waals surface area contributed by atoms with Crippen molar-refractivity contribution >= 4 is 27.4 Å². The van der Waals surface area contributed by atoms with Crippen molar-refractivity contribution in [3.63, 3.8) is 0 Å². The number of nitrogens with two attached hydrogens (primary N) is 1. The first kappa shape index (κ1) is 13.2. The number of aromatic nitrogens is 2. The molecule has 2 rings (SSSR count). The number of rotatable bonds is 4. The summed E-state index contributed by atoms with van der Waals surface area (Å²) in [4.78, 5) is 18.1. The number of nitrogens with one attached hydrogen (secondary N) is 1. The Bertz CT molecular complexity index is 622. The van der Waals surface area contributed by atoms with Gasteiger partial charge in [-0.25, -0.2) is 5.84 Å². The molecule has 98 valence electrons. The standard InChI is InChI=1S/C10H8BrN5O3/c11-6-3-7(5-13-4-6)19-10-8(16(17)18)1-2-9(14-10)15-12/h1-5H,12H2,(H,14,15). The number of nitrogen functional groups attached to an aromatic ring is 1. The maximum Gasteiger partial charge on any atom is 0.331 e. The van der Waals surface area contributed by atoms with Crippen LogP contribution in [0, 0.1) is 10.1 Å². The highest BCUT2D eigenvalue weighted by Gasteiger charge is 2.18. The largest absolute Gasteiger partial charge is 0.432 e. The lowest BCUT2D eigenvalue weighted by Gasteiger charge is -2.06. The lowest BCUT2D eigenvalue weighted by atomic mass is 10.4. The number of ether oxygens (including phenoxy) is 1. The van der Waals surface area contributed by atoms with Crippen molar-refractivity contribution in [1.29, 1.82) is 0 Å². The van der Waals surface area contributed by atoms with E-state index < -0.39 is 4.92 Å². The maximum absolute atomic E-state index is 10.9. The summed E-state index contributed by atoms with van der Waals surface area (Å²) in [7, 11) is 0. The van der Waals surface area contributed by atoms with Gasteiger partial charge in [0.25, 0.3) is 0 Å². The Kier molecular flexibility index (Phi) is 3.88. The fourth-order valence-electron chi connectivity index (χ4n) is 1.29. The van der Waals surface area contributed by atoms with Crippen LogP contribution in [-0.4, -0.2) is 14.9 Å². The SMILES string of the molecule is NNc1ccc([N+](=O)[O-])c(Oc2cncc(Br)c2)n1. The molecule has 0 atom stereocenters. The van der Waals surface area contributed by atoms with E-state index in [4.69, 9.17) is 10.6 Å². The predicted molar refractivity (Wildman–Crippen MR) is 70.7 cm³/mol. The fourth-order valence-corrected chi connectivity index (χ4v) is 1.63. The van der Waals surface area contributed by atoms with Crippen molar-refractivity contribution < 1.29 is 9.66 Å². The molecular weight excluding hydrogens is 318 g/mol. The second-order valence-electron chi connectivity index (χ2n) is 3.36. The lowest BCUT2D eigenvalue weighted by Crippen LogP contribution is -2.09. The van der Waals surface area contributed by atoms with Gasteiger partial charge in [0, 0.05) is 16.7 Å². The molecule has 9 heteroatoms. The second kappa shape index (κ2) is 5.59. The zero-order valence-electron chi connectivity index (χ0n) is 9.41. The molecule has 8 nitrogen and oxygen atoms in total. The number of hydrogen-bond acceptors (Lipinski definition) is 7. The van der Waals surface area contributed by atoms with Gasteiger partial charge in [-0.05, 0) is 28.1 Å². The van der Waals surface area contributed by atoms with Gasteiger partial charge < -0.3 is 10.2 Å². The molecule has 0 saturated heterocycles. The molecule has 3 N–H and O–H groups in total. The molecule has 0 amide bonds. The minimum absolute atomic E-state index is 0.166. The molecule has 0 aliphatic heterocycles. The van der Waals surface area contributed by atoms with Crippen LogP contribution in [0.5, 0.6) is 11.6 Å². The van der Waals surface area contributed by atoms with E-state index in [1.165, 1.54) is 18.3 Å². The van der Waals surface area contributed by atoms with Crippen LogP contribution >= 0.6 is 15.9 Å². The quantitative estimate of drug-likeness (QED) is 0.502. The summed E-state index contributed by atoms with van der Waals surface area (Å²) in [6.45, 7) is 0. The monoisotopic (exact) mass is 325 g/mol. The van der Waals surface area contributed by atoms with Gasteiger partial charge in [-0.15, -0.1) is 0 Å². The highest BCUT2D eigenvalue weighted by Crippen LogP contribution is 2.30. The Morgan fingerprint density at radius 3 is 2.84 bits per heavy atom. The fraction of sp³-hybridized carbons (Fsp3) is 0. The smallest absolute Gasteiger partial charge is 0.331 e. The normalized spacial score (nSPS) is 10.0. The van der Waals surface area contributed by atoms with Crippen LogP contribution in [0.1, 0.15) is 0 Å². The van der Waals surface area contributed by atoms with Crippen LogP contribution in [0.4, 0.5) is 11.5 Å². The average molecular weight is 326 g/mol. The number of hydrogen-bond donors (Lipinski definition) is 2. The van der Waals surface area contributed by atoms with E-state index in [9.17, 15) is 10.1 Å². The summed E-state index contributed by atoms with van der Waals surface area (Å²) >= 11 is 3.22. The molecule has 0 radical (unpaired) electrons. The Morgan fingerprint density at radius 1 is 1.42 bits per heavy atom. The molecule has 0 unspecified atom stereocenters. The molecule has 0 fully saturated rings. The number of nitro groups is 1. The number of hydrazine groups is 1. The van der Waals surface area contributed by atoms with E-state index in [0.29, 0.717) is 10.2 Å². The first-order valence-corrected chi connectivity index (χ1v) is 5.80. The number of nitrogens with zero attached hydrogens (tertiary/aromatic N) is 3. The molecule has 0 spiro atoms. The van der Waals surface area contributed by atoms with E-state index in [1.54, 1.807) is 12.3 Å². The van der Waals surface area contributed by atoms with Crippen molar-refractivity contribution in [2.24, 2.45) is 5.84 Å². The summed E-state index contributed by atoms with van der Waals surface area (Å²) in [5.41, 5.74) is 2.03. The highest BCUT2D eigenvalue weighted by molar-refractivity contribution is 9.10. The van der Waals surface area contributed by atoms with E-state index in [-0.39, 0.29) is 17.4 Å². The Hall–Kier alpha value is -2.26. The first-order valence-electron chi connectivity index (χ1n) is 5.00. The Balaban J connectivity index is 2.39. The first-order chi connectivity index (χ1) is 9.10. The van der Waals surface area contributed by atoms with E-state index in [2.05, 4.69) is 31.3 Å². The van der Waals surface area contributed by atoms with Gasteiger partial charge >= 0.3 is 11.6 Å². The third-order valence-electron chi connectivity index (χ3n) is 2.08. The summed E-state index contributed by atoms with van der Waals surface area (Å²) in [5.74, 6) is 5.61. The number of pyridine rings is 2. The van der Waals surface area contributed by atoms with Crippen LogP contribution in [0.15, 0.2) is 35.1 Å². The van der Waals surface area contributed by atoms with E-state index in [0.717, 1.165) is 0 Å². The summed E-state index contributed by atoms with van der Waals surface area (Å²) in [6, 6.07) is 4.24. The molecule has 0 saturated carbocycles. The maximum atomic E-state index is 10.9. The number of halogens is 1. The number of anilines is 1. The predicted octanol–water partition coefficient (Wildman–Crippen LogP) is 2.23. The van der Waals surface area contributed by atoms with Crippen LogP contribution in [0.25, 0.3) is 0 Å². The minimum atomic E-state index is -0.589. The van der Waals surface area contributed by atoms with Crippen molar-refractivity contribution in [1.82, 2.24) is 9.97 Å². The van der Waals surface area contributed by atoms with Gasteiger partial charge in [-0.1, -0.05) is 0 Å². The molecule has 0 aliphatic rings. The molecule has 2 heterocycles. The third kappa shape index (κ3) is 3.14. The van der Waals surface area contributed by atoms with Crippen molar-refractivity contribution in [2.45, 2.75) is 0 Å². The van der Waals surface area contributed by atoms with E-state index in [1.807, 2.05) is 0 Å². The minimum Gasteiger partial charge on any atom is -0.432 e. The molecule has 2 aromatic rings. The zero-order valence-corrected chi connectivity index (χ0v) is 11.0. The van der Waals surface area contributed by atoms with Gasteiger partial charge in [0.1, 0.15) is 11.6 Å². The molecule has 0 aromatic carbocycles. The average Bonchev–Trinajstić information content (AvgIpc) is 2.38. The molecule has 0 aliphatic carbocycles. The van der Waals surface area contributed by atoms with Gasteiger partial charge in [0.15, 0.2) is 0 Å². The van der Waals surface area contributed by atoms with Gasteiger partial charge in [-0.3, -0.25) is 15.1 Å². The molecule has 0 bridgehead atoms. The summed E-state index contributed by atoms with van der Waals surface area (Å²) < 4.78 is 6.03. The topological polar surface area (TPSA) is 116 Å². The molecule has 2 aromatic heterocycles. The van der Waals surface area contributed by atoms with Crippen molar-refractivity contribution in [3.8, 4) is 11.6 Å². The molecule has 19 heavy (non-hydrogen) atoms. The molecular formula is C10H8BrN5O3. The van der Waals surface area contributed by atoms with E-state index >= 15 is 0 Å². The lowest BCUT2D eigenvalue weighted by molar-refractivity contribution is -0.386. The van der Waals surface area contributed by atoms with Crippen molar-refractivity contribution in [3.05, 3.63) is 45.2 Å². The van der Waals surface area contributed by atoms with Gasteiger partial charge in [0.05, 0.1) is 11.1 Å². The Morgan fingerprint density at radius 2 is 2.21 bits per heavy atom. The van der Waals surface area contributed by atoms with Crippen LogP contribution in [0.3, 0.4) is 0 Å². The van der Waals surface area contributed by atoms with Gasteiger partial charge in [-0.2, -0.15) is 4.98 Å². The second-order valence-corrected chi connectivity index (χ2v) is 4.28. The van der Waals surface area contributed by atoms with Crippen molar-refractivity contribution in [2.75, 3.05) is 5.43 Å². The summed E-state index contributed by atoms with van der Waals surface area (Å²) in [5, 5.41) is 10.9. The van der Waals surface area contributed by atoms with Crippen LogP contribution in [0.2, 0.25) is 0 Å². The highest BCUT2D eigenvalue weighted by atomic mass is 79.9.